The Morgan fingerprint density at radius 3 is 2.84 bits per heavy atom. The fourth-order valence-electron chi connectivity index (χ4n) is 3.88. The Kier molecular flexibility index (Phi) is 3.49. The van der Waals surface area contributed by atoms with Gasteiger partial charge in [-0.15, -0.1) is 0 Å². The summed E-state index contributed by atoms with van der Waals surface area (Å²) in [5, 5.41) is 3.39. The highest BCUT2D eigenvalue weighted by molar-refractivity contribution is 5.98. The SMILES string of the molecule is O=C(c1ccc2ncccc2c1)N1CC(F)(F)CC2(CCNC2=O)C1. The van der Waals surface area contributed by atoms with Crippen molar-refractivity contribution in [2.45, 2.75) is 18.8 Å². The first kappa shape index (κ1) is 15.9. The van der Waals surface area contributed by atoms with Gasteiger partial charge in [0.1, 0.15) is 0 Å². The van der Waals surface area contributed by atoms with Crippen molar-refractivity contribution in [2.24, 2.45) is 5.41 Å². The molecule has 130 valence electrons. The molecule has 0 aliphatic carbocycles. The minimum atomic E-state index is -3.08. The maximum absolute atomic E-state index is 14.3. The Morgan fingerprint density at radius 1 is 1.24 bits per heavy atom. The summed E-state index contributed by atoms with van der Waals surface area (Å²) in [5.74, 6) is -3.94. The second kappa shape index (κ2) is 5.47. The van der Waals surface area contributed by atoms with Crippen molar-refractivity contribution in [2.75, 3.05) is 19.6 Å². The molecule has 0 bridgehead atoms. The van der Waals surface area contributed by atoms with Gasteiger partial charge >= 0.3 is 0 Å². The van der Waals surface area contributed by atoms with Crippen molar-refractivity contribution >= 4 is 22.7 Å². The van der Waals surface area contributed by atoms with E-state index in [2.05, 4.69) is 10.3 Å². The van der Waals surface area contributed by atoms with Crippen LogP contribution in [0.5, 0.6) is 0 Å². The number of carbonyl (C=O) groups is 2. The van der Waals surface area contributed by atoms with Gasteiger partial charge in [0.15, 0.2) is 0 Å². The summed E-state index contributed by atoms with van der Waals surface area (Å²) in [6.07, 6.45) is 1.47. The zero-order valence-electron chi connectivity index (χ0n) is 13.5. The molecule has 1 spiro atoms. The van der Waals surface area contributed by atoms with Gasteiger partial charge in [0.2, 0.25) is 5.91 Å². The van der Waals surface area contributed by atoms with E-state index in [0.29, 0.717) is 18.5 Å². The number of nitrogens with zero attached hydrogens (tertiary/aromatic N) is 2. The first-order valence-electron chi connectivity index (χ1n) is 8.19. The fraction of sp³-hybridized carbons (Fsp3) is 0.389. The highest BCUT2D eigenvalue weighted by Crippen LogP contribution is 2.43. The second-order valence-electron chi connectivity index (χ2n) is 6.89. The summed E-state index contributed by atoms with van der Waals surface area (Å²) in [4.78, 5) is 30.3. The number of pyridine rings is 1. The van der Waals surface area contributed by atoms with Crippen LogP contribution < -0.4 is 5.32 Å². The standard InChI is InChI=1S/C18H17F2N3O2/c19-18(20)9-17(5-7-22-16(17)25)10-23(11-18)15(24)13-3-4-14-12(8-13)2-1-6-21-14/h1-4,6,8H,5,7,9-11H2,(H,22,25). The van der Waals surface area contributed by atoms with E-state index < -0.39 is 30.2 Å². The normalized spacial score (nSPS) is 25.4. The van der Waals surface area contributed by atoms with Gasteiger partial charge in [-0.3, -0.25) is 14.6 Å². The lowest BCUT2D eigenvalue weighted by Gasteiger charge is -2.42. The molecule has 2 aromatic rings. The Bertz CT molecular complexity index is 870. The van der Waals surface area contributed by atoms with Crippen LogP contribution >= 0.6 is 0 Å². The lowest BCUT2D eigenvalue weighted by atomic mass is 9.77. The molecule has 2 aliphatic rings. The molecular formula is C18H17F2N3O2. The van der Waals surface area contributed by atoms with Crippen molar-refractivity contribution < 1.29 is 18.4 Å². The Hall–Kier alpha value is -2.57. The average Bonchev–Trinajstić information content (AvgIpc) is 2.91. The quantitative estimate of drug-likeness (QED) is 0.862. The summed E-state index contributed by atoms with van der Waals surface area (Å²) in [6, 6.07) is 8.51. The van der Waals surface area contributed by atoms with Crippen molar-refractivity contribution in [1.82, 2.24) is 15.2 Å². The lowest BCUT2D eigenvalue weighted by molar-refractivity contribution is -0.144. The van der Waals surface area contributed by atoms with E-state index in [4.69, 9.17) is 0 Å². The van der Waals surface area contributed by atoms with Crippen LogP contribution in [0.25, 0.3) is 10.9 Å². The molecule has 0 saturated carbocycles. The molecule has 5 nitrogen and oxygen atoms in total. The number of hydrogen-bond donors (Lipinski definition) is 1. The average molecular weight is 345 g/mol. The first-order chi connectivity index (χ1) is 11.9. The highest BCUT2D eigenvalue weighted by atomic mass is 19.3. The van der Waals surface area contributed by atoms with Crippen LogP contribution in [0.1, 0.15) is 23.2 Å². The van der Waals surface area contributed by atoms with Crippen LogP contribution in [-0.4, -0.2) is 47.3 Å². The second-order valence-corrected chi connectivity index (χ2v) is 6.89. The number of carbonyl (C=O) groups excluding carboxylic acids is 2. The number of hydrogen-bond acceptors (Lipinski definition) is 3. The molecule has 0 radical (unpaired) electrons. The van der Waals surface area contributed by atoms with E-state index in [9.17, 15) is 18.4 Å². The molecule has 1 unspecified atom stereocenters. The minimum absolute atomic E-state index is 0.0261. The van der Waals surface area contributed by atoms with Crippen LogP contribution in [0.3, 0.4) is 0 Å². The Labute approximate surface area is 143 Å². The van der Waals surface area contributed by atoms with Gasteiger partial charge in [0, 0.05) is 36.7 Å². The zero-order chi connectivity index (χ0) is 17.7. The fourth-order valence-corrected chi connectivity index (χ4v) is 3.88. The molecule has 25 heavy (non-hydrogen) atoms. The molecule has 1 aromatic carbocycles. The monoisotopic (exact) mass is 345 g/mol. The number of amides is 2. The molecule has 7 heteroatoms. The van der Waals surface area contributed by atoms with Gasteiger partial charge in [0.25, 0.3) is 11.8 Å². The predicted octanol–water partition coefficient (Wildman–Crippen LogP) is 2.22. The number of alkyl halides is 2. The number of piperidine rings is 1. The molecule has 1 aromatic heterocycles. The summed E-state index contributed by atoms with van der Waals surface area (Å²) in [5.41, 5.74) is -0.128. The highest BCUT2D eigenvalue weighted by Gasteiger charge is 2.55. The summed E-state index contributed by atoms with van der Waals surface area (Å²) < 4.78 is 28.5. The number of benzene rings is 1. The zero-order valence-corrected chi connectivity index (χ0v) is 13.5. The summed E-state index contributed by atoms with van der Waals surface area (Å²) >= 11 is 0. The summed E-state index contributed by atoms with van der Waals surface area (Å²) in [6.45, 7) is -0.261. The van der Waals surface area contributed by atoms with Gasteiger partial charge in [-0.2, -0.15) is 0 Å². The number of fused-ring (bicyclic) bond motifs is 1. The maximum Gasteiger partial charge on any atom is 0.266 e. The topological polar surface area (TPSA) is 62.3 Å². The summed E-state index contributed by atoms with van der Waals surface area (Å²) in [7, 11) is 0. The van der Waals surface area contributed by atoms with Crippen LogP contribution in [0.2, 0.25) is 0 Å². The van der Waals surface area contributed by atoms with E-state index in [1.165, 1.54) is 0 Å². The molecule has 4 rings (SSSR count). The third kappa shape index (κ3) is 2.73. The van der Waals surface area contributed by atoms with E-state index >= 15 is 0 Å². The number of aromatic nitrogens is 1. The Balaban J connectivity index is 1.67. The van der Waals surface area contributed by atoms with Crippen molar-refractivity contribution in [1.29, 1.82) is 0 Å². The minimum Gasteiger partial charge on any atom is -0.356 e. The van der Waals surface area contributed by atoms with E-state index in [0.717, 1.165) is 15.8 Å². The van der Waals surface area contributed by atoms with Crippen molar-refractivity contribution in [3.63, 3.8) is 0 Å². The number of nitrogens with one attached hydrogen (secondary N) is 1. The molecule has 2 aliphatic heterocycles. The number of likely N-dealkylation sites (tertiary alicyclic amines) is 1. The van der Waals surface area contributed by atoms with Crippen LogP contribution in [0, 0.1) is 5.41 Å². The molecular weight excluding hydrogens is 328 g/mol. The molecule has 2 saturated heterocycles. The predicted molar refractivity (Wildman–Crippen MR) is 87.3 cm³/mol. The van der Waals surface area contributed by atoms with Gasteiger partial charge in [-0.05, 0) is 30.7 Å². The Morgan fingerprint density at radius 2 is 2.08 bits per heavy atom. The molecule has 1 atom stereocenters. The van der Waals surface area contributed by atoms with E-state index in [1.807, 2.05) is 6.07 Å². The van der Waals surface area contributed by atoms with E-state index in [-0.39, 0.29) is 12.5 Å². The largest absolute Gasteiger partial charge is 0.356 e. The molecule has 2 fully saturated rings. The lowest BCUT2D eigenvalue weighted by Crippen LogP contribution is -2.56. The van der Waals surface area contributed by atoms with Crippen LogP contribution in [-0.2, 0) is 4.79 Å². The first-order valence-corrected chi connectivity index (χ1v) is 8.19. The van der Waals surface area contributed by atoms with Gasteiger partial charge in [0.05, 0.1) is 17.5 Å². The molecule has 3 heterocycles. The maximum atomic E-state index is 14.3. The van der Waals surface area contributed by atoms with Crippen molar-refractivity contribution in [3.8, 4) is 0 Å². The van der Waals surface area contributed by atoms with Gasteiger partial charge in [-0.25, -0.2) is 8.78 Å². The van der Waals surface area contributed by atoms with Gasteiger partial charge < -0.3 is 10.2 Å². The van der Waals surface area contributed by atoms with Gasteiger partial charge in [-0.1, -0.05) is 6.07 Å². The number of rotatable bonds is 1. The van der Waals surface area contributed by atoms with E-state index in [1.54, 1.807) is 30.5 Å². The third-order valence-corrected chi connectivity index (χ3v) is 5.02. The van der Waals surface area contributed by atoms with Crippen molar-refractivity contribution in [3.05, 3.63) is 42.1 Å². The third-order valence-electron chi connectivity index (χ3n) is 5.02. The van der Waals surface area contributed by atoms with Crippen LogP contribution in [0.4, 0.5) is 8.78 Å². The molecule has 1 N–H and O–H groups in total. The van der Waals surface area contributed by atoms with Crippen LogP contribution in [0.15, 0.2) is 36.5 Å². The smallest absolute Gasteiger partial charge is 0.266 e. The number of halogens is 2. The molecule has 2 amide bonds.